The number of aromatic amines is 1. The molecule has 4 aromatic rings. The molecule has 0 bridgehead atoms. The van der Waals surface area contributed by atoms with Crippen molar-refractivity contribution in [1.29, 1.82) is 0 Å². The minimum atomic E-state index is -0.257. The van der Waals surface area contributed by atoms with Crippen LogP contribution < -0.4 is 10.9 Å². The van der Waals surface area contributed by atoms with E-state index in [0.717, 1.165) is 28.3 Å². The van der Waals surface area contributed by atoms with E-state index in [1.54, 1.807) is 6.07 Å². The molecule has 26 heavy (non-hydrogen) atoms. The molecule has 0 fully saturated rings. The van der Waals surface area contributed by atoms with Gasteiger partial charge in [0, 0.05) is 28.7 Å². The molecule has 0 amide bonds. The van der Waals surface area contributed by atoms with Crippen LogP contribution in [0.2, 0.25) is 5.15 Å². The summed E-state index contributed by atoms with van der Waals surface area (Å²) in [7, 11) is 0. The summed E-state index contributed by atoms with van der Waals surface area (Å²) in [5.74, 6) is 1.71. The van der Waals surface area contributed by atoms with E-state index in [1.807, 2.05) is 55.5 Å². The van der Waals surface area contributed by atoms with Crippen molar-refractivity contribution in [2.45, 2.75) is 13.5 Å². The first-order valence-corrected chi connectivity index (χ1v) is 8.56. The first-order valence-electron chi connectivity index (χ1n) is 8.18. The molecule has 2 N–H and O–H groups in total. The summed E-state index contributed by atoms with van der Waals surface area (Å²) in [6.45, 7) is 2.52. The van der Waals surface area contributed by atoms with Gasteiger partial charge in [-0.05, 0) is 31.2 Å². The third kappa shape index (κ3) is 3.09. The zero-order valence-corrected chi connectivity index (χ0v) is 14.8. The fraction of sp³-hybridized carbons (Fsp3) is 0.100. The number of fused-ring (bicyclic) bond motifs is 1. The Hall–Kier alpha value is -3.05. The molecule has 0 saturated heterocycles. The second kappa shape index (κ2) is 6.69. The maximum absolute atomic E-state index is 11.8. The summed E-state index contributed by atoms with van der Waals surface area (Å²) in [6.07, 6.45) is 0. The Balaban J connectivity index is 1.63. The molecule has 130 valence electrons. The fourth-order valence-corrected chi connectivity index (χ4v) is 3.17. The summed E-state index contributed by atoms with van der Waals surface area (Å²) in [5, 5.41) is 11.0. The first-order chi connectivity index (χ1) is 12.6. The molecule has 0 atom stereocenters. The molecule has 4 rings (SSSR count). The van der Waals surface area contributed by atoms with Gasteiger partial charge in [-0.15, -0.1) is 0 Å². The smallest absolute Gasteiger partial charge is 0.272 e. The average molecular weight is 366 g/mol. The summed E-state index contributed by atoms with van der Waals surface area (Å²) < 4.78 is 5.88. The number of nitrogens with one attached hydrogen (secondary N) is 2. The van der Waals surface area contributed by atoms with Crippen LogP contribution in [-0.4, -0.2) is 10.2 Å². The van der Waals surface area contributed by atoms with Gasteiger partial charge < -0.3 is 9.73 Å². The molecule has 2 aromatic heterocycles. The van der Waals surface area contributed by atoms with E-state index in [0.29, 0.717) is 17.3 Å². The highest BCUT2D eigenvalue weighted by Crippen LogP contribution is 2.28. The van der Waals surface area contributed by atoms with E-state index in [-0.39, 0.29) is 10.7 Å². The zero-order valence-electron chi connectivity index (χ0n) is 14.0. The van der Waals surface area contributed by atoms with Gasteiger partial charge in [0.15, 0.2) is 5.15 Å². The lowest BCUT2D eigenvalue weighted by atomic mass is 10.1. The summed E-state index contributed by atoms with van der Waals surface area (Å²) in [4.78, 5) is 11.8. The van der Waals surface area contributed by atoms with Crippen LogP contribution in [0.5, 0.6) is 0 Å². The van der Waals surface area contributed by atoms with Crippen LogP contribution in [-0.2, 0) is 6.54 Å². The molecule has 0 saturated carbocycles. The highest BCUT2D eigenvalue weighted by molar-refractivity contribution is 6.34. The van der Waals surface area contributed by atoms with Gasteiger partial charge in [-0.1, -0.05) is 41.9 Å². The largest absolute Gasteiger partial charge is 0.461 e. The van der Waals surface area contributed by atoms with Crippen molar-refractivity contribution in [2.24, 2.45) is 0 Å². The lowest BCUT2D eigenvalue weighted by molar-refractivity contribution is 0.546. The van der Waals surface area contributed by atoms with Crippen molar-refractivity contribution in [2.75, 3.05) is 5.32 Å². The number of rotatable bonds is 4. The number of aromatic nitrogens is 2. The lowest BCUT2D eigenvalue weighted by Crippen LogP contribution is -2.08. The van der Waals surface area contributed by atoms with Gasteiger partial charge in [-0.3, -0.25) is 4.79 Å². The van der Waals surface area contributed by atoms with Gasteiger partial charge in [0.25, 0.3) is 5.56 Å². The van der Waals surface area contributed by atoms with Crippen molar-refractivity contribution in [1.82, 2.24) is 10.2 Å². The van der Waals surface area contributed by atoms with E-state index in [2.05, 4.69) is 15.5 Å². The average Bonchev–Trinajstić information content (AvgIpc) is 3.04. The highest BCUT2D eigenvalue weighted by atomic mass is 35.5. The molecule has 0 aliphatic rings. The van der Waals surface area contributed by atoms with E-state index in [4.69, 9.17) is 16.0 Å². The molecule has 0 radical (unpaired) electrons. The van der Waals surface area contributed by atoms with Crippen LogP contribution in [0.3, 0.4) is 0 Å². The van der Waals surface area contributed by atoms with Gasteiger partial charge in [-0.2, -0.15) is 5.10 Å². The normalized spacial score (nSPS) is 11.0. The van der Waals surface area contributed by atoms with Crippen molar-refractivity contribution in [3.05, 3.63) is 81.4 Å². The number of hydrogen-bond acceptors (Lipinski definition) is 4. The maximum Gasteiger partial charge on any atom is 0.272 e. The first kappa shape index (κ1) is 16.4. The maximum atomic E-state index is 11.8. The van der Waals surface area contributed by atoms with E-state index in [1.165, 1.54) is 0 Å². The molecular formula is C20H16ClN3O2. The Morgan fingerprint density at radius 2 is 1.92 bits per heavy atom. The van der Waals surface area contributed by atoms with Gasteiger partial charge in [-0.25, -0.2) is 5.10 Å². The van der Waals surface area contributed by atoms with Crippen LogP contribution in [0, 0.1) is 6.92 Å². The number of furan rings is 1. The predicted octanol–water partition coefficient (Wildman–Crippen LogP) is 4.76. The minimum Gasteiger partial charge on any atom is -0.461 e. The van der Waals surface area contributed by atoms with E-state index in [9.17, 15) is 4.79 Å². The second-order valence-electron chi connectivity index (χ2n) is 6.03. The third-order valence-electron chi connectivity index (χ3n) is 4.19. The van der Waals surface area contributed by atoms with Crippen molar-refractivity contribution >= 4 is 28.1 Å². The van der Waals surface area contributed by atoms with Gasteiger partial charge in [0.1, 0.15) is 11.5 Å². The summed E-state index contributed by atoms with van der Waals surface area (Å²) >= 11 is 6.10. The molecule has 2 aromatic carbocycles. The standard InChI is InChI=1S/C20H16ClN3O2/c1-12-9-14(18(26-12)13-5-3-2-4-6-13)11-22-15-7-8-16-17(10-15)19(21)23-24-20(16)25/h2-10,22H,11H2,1H3,(H,24,25). The Kier molecular flexibility index (Phi) is 4.22. The van der Waals surface area contributed by atoms with Crippen molar-refractivity contribution in [3.63, 3.8) is 0 Å². The van der Waals surface area contributed by atoms with Crippen molar-refractivity contribution in [3.8, 4) is 11.3 Å². The monoisotopic (exact) mass is 365 g/mol. The van der Waals surface area contributed by atoms with E-state index < -0.39 is 0 Å². The van der Waals surface area contributed by atoms with Crippen LogP contribution in [0.4, 0.5) is 5.69 Å². The topological polar surface area (TPSA) is 70.9 Å². The molecule has 0 aliphatic carbocycles. The fourth-order valence-electron chi connectivity index (χ4n) is 2.97. The number of aryl methyl sites for hydroxylation is 1. The molecule has 0 aliphatic heterocycles. The second-order valence-corrected chi connectivity index (χ2v) is 6.39. The summed E-state index contributed by atoms with van der Waals surface area (Å²) in [6, 6.07) is 17.4. The summed E-state index contributed by atoms with van der Waals surface area (Å²) in [5.41, 5.74) is 2.69. The third-order valence-corrected chi connectivity index (χ3v) is 4.48. The predicted molar refractivity (Wildman–Crippen MR) is 104 cm³/mol. The molecular weight excluding hydrogens is 350 g/mol. The van der Waals surface area contributed by atoms with Crippen LogP contribution in [0.15, 0.2) is 63.8 Å². The Morgan fingerprint density at radius 3 is 2.73 bits per heavy atom. The zero-order chi connectivity index (χ0) is 18.1. The van der Waals surface area contributed by atoms with Gasteiger partial charge in [0.05, 0.1) is 5.39 Å². The SMILES string of the molecule is Cc1cc(CNc2ccc3c(=O)[nH]nc(Cl)c3c2)c(-c2ccccc2)o1. The number of nitrogens with zero attached hydrogens (tertiary/aromatic N) is 1. The molecule has 5 nitrogen and oxygen atoms in total. The Labute approximate surface area is 154 Å². The van der Waals surface area contributed by atoms with E-state index >= 15 is 0 Å². The van der Waals surface area contributed by atoms with Crippen molar-refractivity contribution < 1.29 is 4.42 Å². The van der Waals surface area contributed by atoms with Crippen LogP contribution in [0.1, 0.15) is 11.3 Å². The molecule has 0 spiro atoms. The Bertz CT molecular complexity index is 1130. The number of anilines is 1. The van der Waals surface area contributed by atoms with Gasteiger partial charge >= 0.3 is 0 Å². The number of hydrogen-bond donors (Lipinski definition) is 2. The molecule has 0 unspecified atom stereocenters. The Morgan fingerprint density at radius 1 is 1.12 bits per heavy atom. The number of H-pyrrole nitrogens is 1. The molecule has 2 heterocycles. The van der Waals surface area contributed by atoms with Crippen LogP contribution in [0.25, 0.3) is 22.1 Å². The highest BCUT2D eigenvalue weighted by Gasteiger charge is 2.12. The lowest BCUT2D eigenvalue weighted by Gasteiger charge is -2.08. The minimum absolute atomic E-state index is 0.257. The number of halogens is 1. The number of benzene rings is 2. The van der Waals surface area contributed by atoms with Gasteiger partial charge in [0.2, 0.25) is 0 Å². The van der Waals surface area contributed by atoms with Crippen LogP contribution >= 0.6 is 11.6 Å². The molecule has 6 heteroatoms. The quantitative estimate of drug-likeness (QED) is 0.547.